The fraction of sp³-hybridized carbons (Fsp3) is 0.217. The second-order valence-electron chi connectivity index (χ2n) is 4.85. The minimum absolute atomic E-state index is 1.18. The van der Waals surface area contributed by atoms with E-state index < -0.39 is 0 Å². The molecule has 0 aromatic heterocycles. The second kappa shape index (κ2) is 19.7. The molecule has 0 saturated heterocycles. The Morgan fingerprint density at radius 3 is 1.30 bits per heavy atom. The molecular weight excluding hydrogens is 276 g/mol. The lowest BCUT2D eigenvalue weighted by molar-refractivity contribution is 0.729. The van der Waals surface area contributed by atoms with E-state index in [0.29, 0.717) is 0 Å². The van der Waals surface area contributed by atoms with Gasteiger partial charge in [0.1, 0.15) is 0 Å². The molecule has 0 nitrogen and oxygen atoms in total. The Bertz CT molecular complexity index is 488. The summed E-state index contributed by atoms with van der Waals surface area (Å²) in [5, 5.41) is 0. The molecule has 0 rings (SSSR count). The van der Waals surface area contributed by atoms with Gasteiger partial charge in [-0.05, 0) is 12.8 Å². The Labute approximate surface area is 143 Å². The summed E-state index contributed by atoms with van der Waals surface area (Å²) in [6, 6.07) is 0. The van der Waals surface area contributed by atoms with Crippen LogP contribution in [0, 0.1) is 0 Å². The Kier molecular flexibility index (Phi) is 17.7. The van der Waals surface area contributed by atoms with Crippen molar-refractivity contribution in [2.24, 2.45) is 0 Å². The van der Waals surface area contributed by atoms with Crippen LogP contribution in [0.25, 0.3) is 0 Å². The zero-order chi connectivity index (χ0) is 16.8. The van der Waals surface area contributed by atoms with Crippen LogP contribution in [0.2, 0.25) is 0 Å². The summed E-state index contributed by atoms with van der Waals surface area (Å²) >= 11 is 0. The first-order chi connectivity index (χ1) is 11.4. The molecule has 0 heteroatoms. The van der Waals surface area contributed by atoms with Crippen molar-refractivity contribution < 1.29 is 0 Å². The van der Waals surface area contributed by atoms with Crippen LogP contribution in [0.3, 0.4) is 0 Å². The number of hydrogen-bond donors (Lipinski definition) is 0. The van der Waals surface area contributed by atoms with Gasteiger partial charge in [0.15, 0.2) is 0 Å². The van der Waals surface area contributed by atoms with Gasteiger partial charge in [0.05, 0.1) is 0 Å². The molecule has 0 aliphatic rings. The first kappa shape index (κ1) is 20.7. The van der Waals surface area contributed by atoms with Crippen LogP contribution in [0.4, 0.5) is 0 Å². The van der Waals surface area contributed by atoms with Crippen LogP contribution in [0.5, 0.6) is 0 Å². The van der Waals surface area contributed by atoms with Crippen LogP contribution < -0.4 is 0 Å². The van der Waals surface area contributed by atoms with E-state index in [9.17, 15) is 0 Å². The van der Waals surface area contributed by atoms with Gasteiger partial charge < -0.3 is 0 Å². The van der Waals surface area contributed by atoms with Crippen LogP contribution in [-0.2, 0) is 0 Å². The number of hydrogen-bond acceptors (Lipinski definition) is 0. The van der Waals surface area contributed by atoms with Gasteiger partial charge >= 0.3 is 0 Å². The summed E-state index contributed by atoms with van der Waals surface area (Å²) in [6.45, 7) is 5.84. The van der Waals surface area contributed by atoms with Gasteiger partial charge in [-0.3, -0.25) is 0 Å². The molecule has 0 spiro atoms. The van der Waals surface area contributed by atoms with Crippen LogP contribution in [0.15, 0.2) is 110 Å². The Balaban J connectivity index is 3.77. The lowest BCUT2D eigenvalue weighted by Crippen LogP contribution is -1.69. The van der Waals surface area contributed by atoms with E-state index in [1.54, 1.807) is 6.08 Å². The molecular formula is C23H30. The predicted octanol–water partition coefficient (Wildman–Crippen LogP) is 7.20. The second-order valence-corrected chi connectivity index (χ2v) is 4.85. The average Bonchev–Trinajstić information content (AvgIpc) is 2.57. The fourth-order valence-electron chi connectivity index (χ4n) is 1.60. The van der Waals surface area contributed by atoms with E-state index in [0.717, 1.165) is 0 Å². The average molecular weight is 306 g/mol. The number of rotatable bonds is 12. The Hall–Kier alpha value is -2.34. The molecule has 23 heavy (non-hydrogen) atoms. The minimum atomic E-state index is 1.18. The van der Waals surface area contributed by atoms with Crippen molar-refractivity contribution in [1.29, 1.82) is 0 Å². The molecule has 0 aliphatic heterocycles. The predicted molar refractivity (Wildman–Crippen MR) is 107 cm³/mol. The first-order valence-corrected chi connectivity index (χ1v) is 8.36. The summed E-state index contributed by atoms with van der Waals surface area (Å²) in [6.07, 6.45) is 39.2. The number of unbranched alkanes of at least 4 members (excludes halogenated alkanes) is 3. The molecule has 0 radical (unpaired) electrons. The van der Waals surface area contributed by atoms with Gasteiger partial charge in [-0.25, -0.2) is 0 Å². The maximum atomic E-state index is 3.61. The summed E-state index contributed by atoms with van der Waals surface area (Å²) < 4.78 is 0. The monoisotopic (exact) mass is 306 g/mol. The Morgan fingerprint density at radius 1 is 0.522 bits per heavy atom. The van der Waals surface area contributed by atoms with E-state index in [-0.39, 0.29) is 0 Å². The van der Waals surface area contributed by atoms with Crippen molar-refractivity contribution in [2.75, 3.05) is 0 Å². The lowest BCUT2D eigenvalue weighted by Gasteiger charge is -1.89. The van der Waals surface area contributed by atoms with Gasteiger partial charge in [0.2, 0.25) is 0 Å². The van der Waals surface area contributed by atoms with E-state index in [4.69, 9.17) is 0 Å². The zero-order valence-electron chi connectivity index (χ0n) is 14.4. The maximum Gasteiger partial charge on any atom is -0.0348 e. The van der Waals surface area contributed by atoms with Gasteiger partial charge in [0.25, 0.3) is 0 Å². The quantitative estimate of drug-likeness (QED) is 0.264. The summed E-state index contributed by atoms with van der Waals surface area (Å²) in [5.41, 5.74) is 0. The molecule has 0 atom stereocenters. The largest absolute Gasteiger partial charge is 0.0991 e. The van der Waals surface area contributed by atoms with E-state index in [1.165, 1.54) is 25.7 Å². The third-order valence-corrected chi connectivity index (χ3v) is 2.80. The summed E-state index contributed by atoms with van der Waals surface area (Å²) in [5.74, 6) is 0. The van der Waals surface area contributed by atoms with Crippen molar-refractivity contribution in [1.82, 2.24) is 0 Å². The molecule has 122 valence electrons. The summed E-state index contributed by atoms with van der Waals surface area (Å²) in [4.78, 5) is 0. The summed E-state index contributed by atoms with van der Waals surface area (Å²) in [7, 11) is 0. The molecule has 0 aliphatic carbocycles. The third kappa shape index (κ3) is 19.7. The fourth-order valence-corrected chi connectivity index (χ4v) is 1.60. The Morgan fingerprint density at radius 2 is 0.913 bits per heavy atom. The van der Waals surface area contributed by atoms with Crippen LogP contribution in [0.1, 0.15) is 32.6 Å². The van der Waals surface area contributed by atoms with Crippen LogP contribution in [-0.4, -0.2) is 0 Å². The standard InChI is InChI=1S/C23H30/c1-3-5-7-9-11-13-15-17-19-21-23-22-20-18-16-14-12-10-8-6-4-2/h3,5,7,9,11-23H,1,4,6,8,10H2,2H3/b7-5+,11-9+,14-12+,15-13+,18-16+,19-17+,22-20+,23-21+. The van der Waals surface area contributed by atoms with Crippen molar-refractivity contribution >= 4 is 0 Å². The highest BCUT2D eigenvalue weighted by molar-refractivity contribution is 5.21. The molecule has 0 N–H and O–H groups in total. The van der Waals surface area contributed by atoms with Crippen molar-refractivity contribution in [3.05, 3.63) is 110 Å². The smallest absolute Gasteiger partial charge is 0.0348 e. The van der Waals surface area contributed by atoms with Gasteiger partial charge in [-0.1, -0.05) is 130 Å². The van der Waals surface area contributed by atoms with Crippen molar-refractivity contribution in [3.63, 3.8) is 0 Å². The van der Waals surface area contributed by atoms with Gasteiger partial charge in [-0.2, -0.15) is 0 Å². The lowest BCUT2D eigenvalue weighted by atomic mass is 10.2. The molecule has 0 heterocycles. The number of allylic oxidation sites excluding steroid dienone is 17. The van der Waals surface area contributed by atoms with Gasteiger partial charge in [-0.15, -0.1) is 0 Å². The highest BCUT2D eigenvalue weighted by atomic mass is 13.9. The molecule has 0 amide bonds. The maximum absolute atomic E-state index is 3.61. The topological polar surface area (TPSA) is 0 Å². The molecule has 0 bridgehead atoms. The SMILES string of the molecule is C=C/C=C/C=C/C=C/C=C/C=C/C=C/C=C/C=C/CCCCC. The van der Waals surface area contributed by atoms with Crippen LogP contribution >= 0.6 is 0 Å². The minimum Gasteiger partial charge on any atom is -0.0991 e. The van der Waals surface area contributed by atoms with Crippen molar-refractivity contribution in [2.45, 2.75) is 32.6 Å². The first-order valence-electron chi connectivity index (χ1n) is 8.36. The molecule has 0 aromatic carbocycles. The molecule has 0 aromatic rings. The highest BCUT2D eigenvalue weighted by Crippen LogP contribution is 1.99. The van der Waals surface area contributed by atoms with Gasteiger partial charge in [0, 0.05) is 0 Å². The third-order valence-electron chi connectivity index (χ3n) is 2.80. The molecule has 0 unspecified atom stereocenters. The molecule has 0 saturated carbocycles. The van der Waals surface area contributed by atoms with E-state index >= 15 is 0 Å². The van der Waals surface area contributed by atoms with E-state index in [1.807, 2.05) is 79.0 Å². The van der Waals surface area contributed by atoms with Crippen molar-refractivity contribution in [3.8, 4) is 0 Å². The zero-order valence-corrected chi connectivity index (χ0v) is 14.4. The molecule has 0 fully saturated rings. The highest BCUT2D eigenvalue weighted by Gasteiger charge is 1.79. The van der Waals surface area contributed by atoms with E-state index in [2.05, 4.69) is 31.7 Å². The normalized spacial score (nSPS) is 13.8.